The Morgan fingerprint density at radius 3 is 2.61 bits per heavy atom. The van der Waals surface area contributed by atoms with Crippen molar-refractivity contribution in [3.63, 3.8) is 0 Å². The van der Waals surface area contributed by atoms with Crippen molar-refractivity contribution < 1.29 is 9.59 Å². The summed E-state index contributed by atoms with van der Waals surface area (Å²) in [4.78, 5) is 25.3. The Morgan fingerprint density at radius 1 is 1.33 bits per heavy atom. The van der Waals surface area contributed by atoms with E-state index in [-0.39, 0.29) is 17.9 Å². The third kappa shape index (κ3) is 2.57. The molecule has 1 aliphatic carbocycles. The van der Waals surface area contributed by atoms with Gasteiger partial charge in [0, 0.05) is 6.04 Å². The average molecular weight is 253 g/mol. The lowest BCUT2D eigenvalue weighted by Gasteiger charge is -2.41. The van der Waals surface area contributed by atoms with E-state index >= 15 is 0 Å². The first-order valence-electron chi connectivity index (χ1n) is 6.96. The molecule has 0 aromatic rings. The molecule has 2 fully saturated rings. The number of carbonyl (C=O) groups excluding carboxylic acids is 2. The highest BCUT2D eigenvalue weighted by Gasteiger charge is 2.40. The van der Waals surface area contributed by atoms with Crippen molar-refractivity contribution in [1.29, 1.82) is 0 Å². The van der Waals surface area contributed by atoms with Crippen LogP contribution in [0.1, 0.15) is 39.0 Å². The van der Waals surface area contributed by atoms with E-state index in [2.05, 4.69) is 17.1 Å². The number of carbonyl (C=O) groups is 2. The predicted molar refractivity (Wildman–Crippen MR) is 68.7 cm³/mol. The van der Waals surface area contributed by atoms with Crippen LogP contribution in [-0.4, -0.2) is 41.9 Å². The van der Waals surface area contributed by atoms with Gasteiger partial charge < -0.3 is 5.73 Å². The molecule has 2 aliphatic rings. The summed E-state index contributed by atoms with van der Waals surface area (Å²) in [7, 11) is 0. The molecule has 2 rings (SSSR count). The van der Waals surface area contributed by atoms with Gasteiger partial charge in [0.1, 0.15) is 0 Å². The first-order chi connectivity index (χ1) is 8.67. The molecule has 0 aromatic carbocycles. The van der Waals surface area contributed by atoms with Crippen LogP contribution in [-0.2, 0) is 9.59 Å². The van der Waals surface area contributed by atoms with E-state index in [0.717, 1.165) is 19.4 Å². The summed E-state index contributed by atoms with van der Waals surface area (Å²) >= 11 is 0. The monoisotopic (exact) mass is 253 g/mol. The van der Waals surface area contributed by atoms with Crippen LogP contribution in [0.4, 0.5) is 0 Å². The molecule has 0 bridgehead atoms. The van der Waals surface area contributed by atoms with E-state index in [0.29, 0.717) is 24.9 Å². The summed E-state index contributed by atoms with van der Waals surface area (Å²) in [5.74, 6) is 0.175. The fraction of sp³-hybridized carbons (Fsp3) is 0.846. The van der Waals surface area contributed by atoms with Crippen molar-refractivity contribution in [2.75, 3.05) is 13.1 Å². The first-order valence-corrected chi connectivity index (χ1v) is 6.96. The van der Waals surface area contributed by atoms with Gasteiger partial charge in [0.2, 0.25) is 11.8 Å². The maximum Gasteiger partial charge on any atom is 0.244 e. The number of hydrogen-bond acceptors (Lipinski definition) is 4. The van der Waals surface area contributed by atoms with Gasteiger partial charge in [0.05, 0.1) is 12.5 Å². The number of amides is 2. The number of rotatable bonds is 4. The summed E-state index contributed by atoms with van der Waals surface area (Å²) in [6, 6.07) is 0.0787. The standard InChI is InChI=1S/C13H23N3O2/c1-2-16(11-7-12(17)15-13(11)18)10-6-4-3-5-9(10)8-14/h9-11H,2-8,14H2,1H3,(H,15,17,18). The average Bonchev–Trinajstić information content (AvgIpc) is 2.70. The van der Waals surface area contributed by atoms with Crippen LogP contribution in [0.5, 0.6) is 0 Å². The maximum absolute atomic E-state index is 11.8. The van der Waals surface area contributed by atoms with Crippen molar-refractivity contribution in [2.45, 2.75) is 51.1 Å². The zero-order valence-corrected chi connectivity index (χ0v) is 11.0. The molecule has 3 unspecified atom stereocenters. The van der Waals surface area contributed by atoms with Crippen LogP contribution in [0, 0.1) is 5.92 Å². The lowest BCUT2D eigenvalue weighted by molar-refractivity contribution is -0.127. The van der Waals surface area contributed by atoms with Gasteiger partial charge in [-0.1, -0.05) is 19.8 Å². The molecule has 3 atom stereocenters. The van der Waals surface area contributed by atoms with Crippen molar-refractivity contribution in [2.24, 2.45) is 11.7 Å². The Labute approximate surface area is 108 Å². The molecule has 1 aliphatic heterocycles. The minimum absolute atomic E-state index is 0.136. The first kappa shape index (κ1) is 13.5. The van der Waals surface area contributed by atoms with E-state index in [1.54, 1.807) is 0 Å². The molecule has 18 heavy (non-hydrogen) atoms. The van der Waals surface area contributed by atoms with Crippen LogP contribution in [0.25, 0.3) is 0 Å². The van der Waals surface area contributed by atoms with Crippen LogP contribution in [0.3, 0.4) is 0 Å². The Morgan fingerprint density at radius 2 is 2.06 bits per heavy atom. The normalized spacial score (nSPS) is 32.9. The van der Waals surface area contributed by atoms with Crippen LogP contribution >= 0.6 is 0 Å². The molecule has 1 saturated heterocycles. The van der Waals surface area contributed by atoms with Gasteiger partial charge in [-0.05, 0) is 31.8 Å². The van der Waals surface area contributed by atoms with E-state index in [4.69, 9.17) is 5.73 Å². The molecule has 5 nitrogen and oxygen atoms in total. The fourth-order valence-electron chi connectivity index (χ4n) is 3.39. The van der Waals surface area contributed by atoms with Gasteiger partial charge in [-0.3, -0.25) is 19.8 Å². The van der Waals surface area contributed by atoms with Gasteiger partial charge in [0.15, 0.2) is 0 Å². The number of nitrogens with zero attached hydrogens (tertiary/aromatic N) is 1. The molecule has 3 N–H and O–H groups in total. The SMILES string of the molecule is CCN(C1CC(=O)NC1=O)C1CCCCC1CN. The molecule has 102 valence electrons. The zero-order valence-electron chi connectivity index (χ0n) is 11.0. The third-order valence-electron chi connectivity index (χ3n) is 4.31. The quantitative estimate of drug-likeness (QED) is 0.704. The number of nitrogens with two attached hydrogens (primary N) is 1. The van der Waals surface area contributed by atoms with Gasteiger partial charge in [-0.2, -0.15) is 0 Å². The number of likely N-dealkylation sites (N-methyl/N-ethyl adjacent to an activating group) is 1. The molecule has 1 heterocycles. The van der Waals surface area contributed by atoms with E-state index in [9.17, 15) is 9.59 Å². The zero-order chi connectivity index (χ0) is 13.1. The Bertz CT molecular complexity index is 332. The highest BCUT2D eigenvalue weighted by Crippen LogP contribution is 2.30. The molecular weight excluding hydrogens is 230 g/mol. The van der Waals surface area contributed by atoms with Crippen molar-refractivity contribution in [3.8, 4) is 0 Å². The minimum atomic E-state index is -0.278. The van der Waals surface area contributed by atoms with Crippen molar-refractivity contribution in [1.82, 2.24) is 10.2 Å². The van der Waals surface area contributed by atoms with Crippen LogP contribution < -0.4 is 11.1 Å². The summed E-state index contributed by atoms with van der Waals surface area (Å²) in [5, 5.41) is 2.40. The molecule has 0 spiro atoms. The smallest absolute Gasteiger partial charge is 0.244 e. The second-order valence-electron chi connectivity index (χ2n) is 5.31. The summed E-state index contributed by atoms with van der Waals surface area (Å²) < 4.78 is 0. The molecule has 0 aromatic heterocycles. The summed E-state index contributed by atoms with van der Waals surface area (Å²) in [5.41, 5.74) is 5.85. The molecule has 0 radical (unpaired) electrons. The maximum atomic E-state index is 11.8. The van der Waals surface area contributed by atoms with E-state index in [1.165, 1.54) is 12.8 Å². The fourth-order valence-corrected chi connectivity index (χ4v) is 3.39. The summed E-state index contributed by atoms with van der Waals surface area (Å²) in [6.45, 7) is 3.52. The van der Waals surface area contributed by atoms with Crippen LogP contribution in [0.15, 0.2) is 0 Å². The highest BCUT2D eigenvalue weighted by molar-refractivity contribution is 6.05. The molecule has 2 amide bonds. The van der Waals surface area contributed by atoms with E-state index in [1.807, 2.05) is 0 Å². The highest BCUT2D eigenvalue weighted by atomic mass is 16.2. The topological polar surface area (TPSA) is 75.4 Å². The lowest BCUT2D eigenvalue weighted by Crippen LogP contribution is -2.52. The molecular formula is C13H23N3O2. The van der Waals surface area contributed by atoms with Crippen molar-refractivity contribution >= 4 is 11.8 Å². The second kappa shape index (κ2) is 5.80. The van der Waals surface area contributed by atoms with Gasteiger partial charge in [0.25, 0.3) is 0 Å². The van der Waals surface area contributed by atoms with E-state index < -0.39 is 0 Å². The van der Waals surface area contributed by atoms with Crippen molar-refractivity contribution in [3.05, 3.63) is 0 Å². The minimum Gasteiger partial charge on any atom is -0.330 e. The molecule has 1 saturated carbocycles. The van der Waals surface area contributed by atoms with Crippen LogP contribution in [0.2, 0.25) is 0 Å². The lowest BCUT2D eigenvalue weighted by atomic mass is 9.83. The predicted octanol–water partition coefficient (Wildman–Crippen LogP) is 0.241. The van der Waals surface area contributed by atoms with Gasteiger partial charge in [-0.15, -0.1) is 0 Å². The Kier molecular flexibility index (Phi) is 4.35. The second-order valence-corrected chi connectivity index (χ2v) is 5.31. The molecule has 5 heteroatoms. The van der Waals surface area contributed by atoms with Gasteiger partial charge >= 0.3 is 0 Å². The number of hydrogen-bond donors (Lipinski definition) is 2. The third-order valence-corrected chi connectivity index (χ3v) is 4.31. The summed E-state index contributed by atoms with van der Waals surface area (Å²) in [6.07, 6.45) is 4.96. The number of imide groups is 1. The Hall–Kier alpha value is -0.940. The largest absolute Gasteiger partial charge is 0.330 e. The van der Waals surface area contributed by atoms with Gasteiger partial charge in [-0.25, -0.2) is 0 Å². The number of nitrogens with one attached hydrogen (secondary N) is 1. The Balaban J connectivity index is 2.11.